The summed E-state index contributed by atoms with van der Waals surface area (Å²) in [5.74, 6) is -0.297. The van der Waals surface area contributed by atoms with Crippen LogP contribution in [-0.4, -0.2) is 15.5 Å². The molecule has 6 nitrogen and oxygen atoms in total. The number of aromatic nitrogens is 2. The number of amides is 1. The number of aryl methyl sites for hydroxylation is 1. The Morgan fingerprint density at radius 3 is 2.54 bits per heavy atom. The summed E-state index contributed by atoms with van der Waals surface area (Å²) in [6.45, 7) is 2.16. The van der Waals surface area contributed by atoms with E-state index in [0.717, 1.165) is 4.47 Å². The highest BCUT2D eigenvalue weighted by molar-refractivity contribution is 9.10. The zero-order chi connectivity index (χ0) is 17.3. The fraction of sp³-hybridized carbons (Fsp3) is 0.118. The predicted octanol–water partition coefficient (Wildman–Crippen LogP) is 2.72. The van der Waals surface area contributed by atoms with Crippen LogP contribution in [-0.2, 0) is 6.54 Å². The molecule has 1 aromatic heterocycles. The van der Waals surface area contributed by atoms with E-state index in [9.17, 15) is 14.4 Å². The normalized spacial score (nSPS) is 10.8. The van der Waals surface area contributed by atoms with E-state index in [4.69, 9.17) is 0 Å². The Morgan fingerprint density at radius 2 is 1.88 bits per heavy atom. The van der Waals surface area contributed by atoms with Gasteiger partial charge in [0.2, 0.25) is 0 Å². The molecule has 0 saturated heterocycles. The van der Waals surface area contributed by atoms with Crippen LogP contribution >= 0.6 is 15.9 Å². The molecular formula is C17H14BrN3O3. The van der Waals surface area contributed by atoms with E-state index in [1.165, 1.54) is 4.57 Å². The third-order valence-electron chi connectivity index (χ3n) is 3.66. The van der Waals surface area contributed by atoms with Gasteiger partial charge in [0.15, 0.2) is 0 Å². The molecule has 2 N–H and O–H groups in total. The number of H-pyrrole nitrogens is 1. The molecule has 0 atom stereocenters. The molecule has 0 aliphatic rings. The van der Waals surface area contributed by atoms with Crippen LogP contribution in [0.1, 0.15) is 17.3 Å². The first-order valence-electron chi connectivity index (χ1n) is 7.33. The van der Waals surface area contributed by atoms with Crippen molar-refractivity contribution in [3.8, 4) is 0 Å². The number of hydrogen-bond donors (Lipinski definition) is 2. The number of benzene rings is 2. The van der Waals surface area contributed by atoms with Crippen molar-refractivity contribution in [1.29, 1.82) is 0 Å². The fourth-order valence-corrected chi connectivity index (χ4v) is 2.74. The van der Waals surface area contributed by atoms with Crippen molar-refractivity contribution in [2.75, 3.05) is 5.32 Å². The third-order valence-corrected chi connectivity index (χ3v) is 4.18. The Balaban J connectivity index is 2.00. The highest BCUT2D eigenvalue weighted by atomic mass is 79.9. The minimum Gasteiger partial charge on any atom is -0.322 e. The van der Waals surface area contributed by atoms with E-state index >= 15 is 0 Å². The predicted molar refractivity (Wildman–Crippen MR) is 96.6 cm³/mol. The maximum atomic E-state index is 12.4. The van der Waals surface area contributed by atoms with Gasteiger partial charge in [0.1, 0.15) is 0 Å². The van der Waals surface area contributed by atoms with Crippen molar-refractivity contribution in [2.24, 2.45) is 0 Å². The van der Waals surface area contributed by atoms with Gasteiger partial charge in [-0.3, -0.25) is 14.4 Å². The number of anilines is 1. The molecule has 2 aromatic carbocycles. The van der Waals surface area contributed by atoms with E-state index in [-0.39, 0.29) is 5.91 Å². The number of carbonyl (C=O) groups excluding carboxylic acids is 1. The Bertz CT molecular complexity index is 1040. The van der Waals surface area contributed by atoms with E-state index in [0.29, 0.717) is 28.8 Å². The number of nitrogens with one attached hydrogen (secondary N) is 2. The molecule has 3 aromatic rings. The van der Waals surface area contributed by atoms with E-state index in [2.05, 4.69) is 26.2 Å². The van der Waals surface area contributed by atoms with Crippen molar-refractivity contribution in [3.05, 3.63) is 73.2 Å². The van der Waals surface area contributed by atoms with Crippen LogP contribution in [0.25, 0.3) is 11.0 Å². The molecular weight excluding hydrogens is 374 g/mol. The van der Waals surface area contributed by atoms with Crippen molar-refractivity contribution in [1.82, 2.24) is 9.55 Å². The van der Waals surface area contributed by atoms with Crippen LogP contribution in [0.2, 0.25) is 0 Å². The minimum atomic E-state index is -0.699. The van der Waals surface area contributed by atoms with Crippen LogP contribution in [0.5, 0.6) is 0 Å². The van der Waals surface area contributed by atoms with E-state index in [1.807, 2.05) is 12.1 Å². The average molecular weight is 388 g/mol. The summed E-state index contributed by atoms with van der Waals surface area (Å²) >= 11 is 3.34. The monoisotopic (exact) mass is 387 g/mol. The first kappa shape index (κ1) is 16.2. The van der Waals surface area contributed by atoms with Gasteiger partial charge in [-0.05, 0) is 49.4 Å². The Morgan fingerprint density at radius 1 is 1.17 bits per heavy atom. The number of halogens is 1. The van der Waals surface area contributed by atoms with Gasteiger partial charge in [-0.15, -0.1) is 0 Å². The van der Waals surface area contributed by atoms with E-state index < -0.39 is 11.1 Å². The summed E-state index contributed by atoms with van der Waals surface area (Å²) in [7, 11) is 0. The minimum absolute atomic E-state index is 0.297. The summed E-state index contributed by atoms with van der Waals surface area (Å²) in [5, 5.41) is 2.78. The van der Waals surface area contributed by atoms with Gasteiger partial charge in [-0.25, -0.2) is 0 Å². The van der Waals surface area contributed by atoms with Crippen molar-refractivity contribution >= 4 is 38.6 Å². The highest BCUT2D eigenvalue weighted by Crippen LogP contribution is 2.16. The lowest BCUT2D eigenvalue weighted by Gasteiger charge is -2.09. The lowest BCUT2D eigenvalue weighted by molar-refractivity contribution is 0.102. The number of hydrogen-bond acceptors (Lipinski definition) is 3. The second-order valence-electron chi connectivity index (χ2n) is 5.20. The van der Waals surface area contributed by atoms with Gasteiger partial charge >= 0.3 is 11.1 Å². The van der Waals surface area contributed by atoms with E-state index in [1.54, 1.807) is 37.3 Å². The van der Waals surface area contributed by atoms with Crippen molar-refractivity contribution in [2.45, 2.75) is 13.5 Å². The molecule has 0 radical (unpaired) electrons. The topological polar surface area (TPSA) is 84.0 Å². The maximum absolute atomic E-state index is 12.4. The molecule has 24 heavy (non-hydrogen) atoms. The largest absolute Gasteiger partial charge is 0.322 e. The molecule has 0 aliphatic carbocycles. The third kappa shape index (κ3) is 3.03. The highest BCUT2D eigenvalue weighted by Gasteiger charge is 2.11. The van der Waals surface area contributed by atoms with Gasteiger partial charge in [-0.2, -0.15) is 0 Å². The fourth-order valence-electron chi connectivity index (χ4n) is 2.47. The van der Waals surface area contributed by atoms with Crippen LogP contribution in [0.15, 0.2) is 56.5 Å². The van der Waals surface area contributed by atoms with Gasteiger partial charge in [0.25, 0.3) is 5.91 Å². The lowest BCUT2D eigenvalue weighted by atomic mass is 10.1. The van der Waals surface area contributed by atoms with Crippen LogP contribution in [0.3, 0.4) is 0 Å². The first-order valence-corrected chi connectivity index (χ1v) is 8.12. The maximum Gasteiger partial charge on any atom is 0.316 e. The Labute approximate surface area is 145 Å². The molecule has 0 spiro atoms. The summed E-state index contributed by atoms with van der Waals surface area (Å²) in [6, 6.07) is 12.1. The van der Waals surface area contributed by atoms with Crippen molar-refractivity contribution < 1.29 is 4.79 Å². The van der Waals surface area contributed by atoms with Crippen LogP contribution < -0.4 is 16.4 Å². The second-order valence-corrected chi connectivity index (χ2v) is 6.11. The zero-order valence-electron chi connectivity index (χ0n) is 12.8. The Hall–Kier alpha value is -2.67. The summed E-state index contributed by atoms with van der Waals surface area (Å²) in [6.07, 6.45) is 0. The standard InChI is InChI=1S/C17H14BrN3O3/c1-2-21-14-8-3-10(9-13(14)20-16(23)17(21)24)15(22)19-12-6-4-11(18)5-7-12/h3-9H,2H2,1H3,(H,19,22)(H,20,23). The number of rotatable bonds is 3. The first-order chi connectivity index (χ1) is 11.5. The van der Waals surface area contributed by atoms with Gasteiger partial charge in [0.05, 0.1) is 11.0 Å². The number of fused-ring (bicyclic) bond motifs is 1. The molecule has 0 unspecified atom stereocenters. The molecule has 0 bridgehead atoms. The summed E-state index contributed by atoms with van der Waals surface area (Å²) in [5.41, 5.74) is 0.789. The van der Waals surface area contributed by atoms with Gasteiger partial charge in [0, 0.05) is 22.3 Å². The molecule has 1 amide bonds. The quantitative estimate of drug-likeness (QED) is 0.677. The van der Waals surface area contributed by atoms with Gasteiger partial charge in [-0.1, -0.05) is 15.9 Å². The summed E-state index contributed by atoms with van der Waals surface area (Å²) < 4.78 is 2.30. The number of carbonyl (C=O) groups is 1. The van der Waals surface area contributed by atoms with Crippen molar-refractivity contribution in [3.63, 3.8) is 0 Å². The SMILES string of the molecule is CCn1c(=O)c(=O)[nH]c2cc(C(=O)Nc3ccc(Br)cc3)ccc21. The summed E-state index contributed by atoms with van der Waals surface area (Å²) in [4.78, 5) is 38.5. The van der Waals surface area contributed by atoms with Crippen LogP contribution in [0, 0.1) is 0 Å². The van der Waals surface area contributed by atoms with Crippen LogP contribution in [0.4, 0.5) is 5.69 Å². The Kier molecular flexibility index (Phi) is 4.35. The molecule has 0 aliphatic heterocycles. The lowest BCUT2D eigenvalue weighted by Crippen LogP contribution is -2.36. The molecule has 7 heteroatoms. The molecule has 1 heterocycles. The number of nitrogens with zero attached hydrogens (tertiary/aromatic N) is 1. The smallest absolute Gasteiger partial charge is 0.316 e. The average Bonchev–Trinajstić information content (AvgIpc) is 2.57. The molecule has 122 valence electrons. The molecule has 0 saturated carbocycles. The molecule has 0 fully saturated rings. The second kappa shape index (κ2) is 6.45. The zero-order valence-corrected chi connectivity index (χ0v) is 14.4. The molecule has 3 rings (SSSR count). The van der Waals surface area contributed by atoms with Gasteiger partial charge < -0.3 is 14.9 Å². The number of aromatic amines is 1.